The van der Waals surface area contributed by atoms with Gasteiger partial charge in [0.15, 0.2) is 11.5 Å². The van der Waals surface area contributed by atoms with E-state index in [0.29, 0.717) is 38.5 Å². The first-order valence-electron chi connectivity index (χ1n) is 9.66. The van der Waals surface area contributed by atoms with Gasteiger partial charge in [-0.2, -0.15) is 0 Å². The van der Waals surface area contributed by atoms with Crippen LogP contribution in [0, 0.1) is 0 Å². The van der Waals surface area contributed by atoms with Crippen molar-refractivity contribution >= 4 is 39.5 Å². The van der Waals surface area contributed by atoms with E-state index in [9.17, 15) is 9.59 Å². The van der Waals surface area contributed by atoms with Gasteiger partial charge in [-0.15, -0.1) is 0 Å². The highest BCUT2D eigenvalue weighted by Crippen LogP contribution is 2.33. The fraction of sp³-hybridized carbons (Fsp3) is 0.0833. The molecular formula is C24H19BrN2O5. The largest absolute Gasteiger partial charge is 0.497 e. The Morgan fingerprint density at radius 1 is 1.00 bits per heavy atom. The van der Waals surface area contributed by atoms with Crippen molar-refractivity contribution in [1.29, 1.82) is 0 Å². The quantitative estimate of drug-likeness (QED) is 0.489. The molecule has 3 aromatic carbocycles. The Kier molecular flexibility index (Phi) is 6.42. The highest BCUT2D eigenvalue weighted by atomic mass is 79.9. The Morgan fingerprint density at radius 3 is 2.50 bits per heavy atom. The van der Waals surface area contributed by atoms with Crippen LogP contribution >= 0.6 is 15.9 Å². The molecule has 0 atom stereocenters. The van der Waals surface area contributed by atoms with Gasteiger partial charge in [0.05, 0.1) is 12.7 Å². The molecule has 0 aliphatic carbocycles. The number of nitrogens with one attached hydrogen (secondary N) is 2. The lowest BCUT2D eigenvalue weighted by molar-refractivity contribution is -0.113. The van der Waals surface area contributed by atoms with Crippen molar-refractivity contribution in [3.8, 4) is 17.2 Å². The number of hydrogen-bond acceptors (Lipinski definition) is 5. The number of rotatable bonds is 6. The number of ether oxygens (including phenoxy) is 3. The number of benzene rings is 3. The van der Waals surface area contributed by atoms with Crippen molar-refractivity contribution < 1.29 is 23.8 Å². The van der Waals surface area contributed by atoms with Gasteiger partial charge in [0.25, 0.3) is 11.8 Å². The summed E-state index contributed by atoms with van der Waals surface area (Å²) in [4.78, 5) is 25.9. The number of anilines is 1. The molecule has 1 aliphatic rings. The Labute approximate surface area is 193 Å². The highest BCUT2D eigenvalue weighted by molar-refractivity contribution is 9.10. The minimum atomic E-state index is -0.478. The van der Waals surface area contributed by atoms with Gasteiger partial charge < -0.3 is 24.8 Å². The van der Waals surface area contributed by atoms with Crippen LogP contribution in [0.5, 0.6) is 17.2 Å². The number of halogens is 1. The summed E-state index contributed by atoms with van der Waals surface area (Å²) in [7, 11) is 1.57. The molecule has 0 fully saturated rings. The van der Waals surface area contributed by atoms with Gasteiger partial charge in [-0.3, -0.25) is 9.59 Å². The summed E-state index contributed by atoms with van der Waals surface area (Å²) in [5.74, 6) is 0.971. The summed E-state index contributed by atoms with van der Waals surface area (Å²) < 4.78 is 16.5. The second-order valence-electron chi connectivity index (χ2n) is 6.79. The smallest absolute Gasteiger partial charge is 0.272 e. The lowest BCUT2D eigenvalue weighted by Crippen LogP contribution is -2.31. The van der Waals surface area contributed by atoms with Crippen molar-refractivity contribution in [1.82, 2.24) is 5.32 Å². The van der Waals surface area contributed by atoms with Crippen molar-refractivity contribution in [3.05, 3.63) is 88.0 Å². The van der Waals surface area contributed by atoms with Crippen LogP contribution < -0.4 is 24.8 Å². The number of hydrogen-bond donors (Lipinski definition) is 2. The number of carbonyl (C=O) groups excluding carboxylic acids is 2. The number of amides is 2. The van der Waals surface area contributed by atoms with Crippen LogP contribution in [0.3, 0.4) is 0 Å². The summed E-state index contributed by atoms with van der Waals surface area (Å²) in [6.07, 6.45) is 1.58. The first-order valence-corrected chi connectivity index (χ1v) is 10.5. The van der Waals surface area contributed by atoms with Gasteiger partial charge in [0, 0.05) is 10.2 Å². The molecule has 0 spiro atoms. The van der Waals surface area contributed by atoms with Crippen LogP contribution in [0.2, 0.25) is 0 Å². The first-order chi connectivity index (χ1) is 15.5. The Bertz CT molecular complexity index is 1190. The van der Waals surface area contributed by atoms with E-state index in [1.165, 1.54) is 0 Å². The van der Waals surface area contributed by atoms with Crippen molar-refractivity contribution in [2.45, 2.75) is 0 Å². The molecular weight excluding hydrogens is 476 g/mol. The molecule has 7 nitrogen and oxygen atoms in total. The van der Waals surface area contributed by atoms with Gasteiger partial charge in [-0.1, -0.05) is 18.2 Å². The minimum absolute atomic E-state index is 0.0698. The second-order valence-corrected chi connectivity index (χ2v) is 7.64. The van der Waals surface area contributed by atoms with Crippen LogP contribution in [-0.2, 0) is 4.79 Å². The molecule has 2 amide bonds. The van der Waals surface area contributed by atoms with E-state index in [0.717, 1.165) is 0 Å². The van der Waals surface area contributed by atoms with E-state index in [4.69, 9.17) is 14.2 Å². The zero-order valence-corrected chi connectivity index (χ0v) is 18.6. The lowest BCUT2D eigenvalue weighted by atomic mass is 10.1. The zero-order chi connectivity index (χ0) is 22.5. The molecule has 2 N–H and O–H groups in total. The molecule has 32 heavy (non-hydrogen) atoms. The molecule has 1 heterocycles. The normalized spacial score (nSPS) is 12.2. The topological polar surface area (TPSA) is 85.9 Å². The summed E-state index contributed by atoms with van der Waals surface area (Å²) in [6, 6.07) is 19.1. The van der Waals surface area contributed by atoms with Gasteiger partial charge in [0.1, 0.15) is 11.4 Å². The molecule has 0 aromatic heterocycles. The lowest BCUT2D eigenvalue weighted by Gasteiger charge is -2.12. The van der Waals surface area contributed by atoms with Crippen molar-refractivity contribution in [2.24, 2.45) is 0 Å². The van der Waals surface area contributed by atoms with E-state index in [1.54, 1.807) is 79.9 Å². The molecule has 8 heteroatoms. The molecule has 1 aliphatic heterocycles. The standard InChI is InChI=1S/C24H19BrN2O5/c1-30-17-9-7-16(8-10-17)26-24(29)20(27-23(28)18-4-2-3-5-19(18)25)12-15-6-11-21-22(13-15)32-14-31-21/h2-13H,14H2,1H3,(H,26,29)(H,27,28). The van der Waals surface area contributed by atoms with Crippen LogP contribution in [0.1, 0.15) is 15.9 Å². The summed E-state index contributed by atoms with van der Waals surface area (Å²) >= 11 is 3.37. The van der Waals surface area contributed by atoms with E-state index in [1.807, 2.05) is 0 Å². The number of methoxy groups -OCH3 is 1. The van der Waals surface area contributed by atoms with E-state index in [-0.39, 0.29) is 12.5 Å². The third-order valence-corrected chi connectivity index (χ3v) is 5.36. The fourth-order valence-electron chi connectivity index (χ4n) is 3.04. The third kappa shape index (κ3) is 4.92. The molecule has 3 aromatic rings. The maximum atomic E-state index is 13.1. The average molecular weight is 495 g/mol. The molecule has 0 saturated carbocycles. The Morgan fingerprint density at radius 2 is 1.75 bits per heavy atom. The second kappa shape index (κ2) is 9.57. The predicted molar refractivity (Wildman–Crippen MR) is 124 cm³/mol. The van der Waals surface area contributed by atoms with Crippen molar-refractivity contribution in [3.63, 3.8) is 0 Å². The predicted octanol–water partition coefficient (Wildman–Crippen LogP) is 4.60. The first kappa shape index (κ1) is 21.5. The molecule has 0 saturated heterocycles. The van der Waals surface area contributed by atoms with E-state index >= 15 is 0 Å². The Balaban J connectivity index is 1.62. The molecule has 162 valence electrons. The van der Waals surface area contributed by atoms with Gasteiger partial charge in [0.2, 0.25) is 6.79 Å². The van der Waals surface area contributed by atoms with Crippen LogP contribution in [0.25, 0.3) is 6.08 Å². The van der Waals surface area contributed by atoms with Crippen LogP contribution in [0.15, 0.2) is 76.9 Å². The Hall–Kier alpha value is -3.78. The van der Waals surface area contributed by atoms with Gasteiger partial charge in [-0.25, -0.2) is 0 Å². The maximum absolute atomic E-state index is 13.1. The number of fused-ring (bicyclic) bond motifs is 1. The minimum Gasteiger partial charge on any atom is -0.497 e. The summed E-state index contributed by atoms with van der Waals surface area (Å²) in [5.41, 5.74) is 1.70. The SMILES string of the molecule is COc1ccc(NC(=O)C(=Cc2ccc3c(c2)OCO3)NC(=O)c2ccccc2Br)cc1. The molecule has 0 bridgehead atoms. The molecule has 4 rings (SSSR count). The highest BCUT2D eigenvalue weighted by Gasteiger charge is 2.18. The summed E-state index contributed by atoms with van der Waals surface area (Å²) in [6.45, 7) is 0.145. The molecule has 0 radical (unpaired) electrons. The third-order valence-electron chi connectivity index (χ3n) is 4.67. The number of carbonyl (C=O) groups is 2. The van der Waals surface area contributed by atoms with Crippen molar-refractivity contribution in [2.75, 3.05) is 19.2 Å². The maximum Gasteiger partial charge on any atom is 0.272 e. The van der Waals surface area contributed by atoms with Gasteiger partial charge in [-0.05, 0) is 76.1 Å². The van der Waals surface area contributed by atoms with Gasteiger partial charge >= 0.3 is 0 Å². The zero-order valence-electron chi connectivity index (χ0n) is 17.1. The average Bonchev–Trinajstić information content (AvgIpc) is 3.27. The fourth-order valence-corrected chi connectivity index (χ4v) is 3.50. The van der Waals surface area contributed by atoms with E-state index in [2.05, 4.69) is 26.6 Å². The summed E-state index contributed by atoms with van der Waals surface area (Å²) in [5, 5.41) is 5.51. The monoisotopic (exact) mass is 494 g/mol. The van der Waals surface area contributed by atoms with Crippen LogP contribution in [0.4, 0.5) is 5.69 Å². The van der Waals surface area contributed by atoms with E-state index < -0.39 is 11.8 Å². The van der Waals surface area contributed by atoms with Crippen LogP contribution in [-0.4, -0.2) is 25.7 Å². The molecule has 0 unspecified atom stereocenters.